The van der Waals surface area contributed by atoms with Crippen molar-refractivity contribution in [2.45, 2.75) is 20.8 Å². The Bertz CT molecular complexity index is 676. The molecule has 0 aliphatic carbocycles. The molecule has 0 radical (unpaired) electrons. The fourth-order valence-corrected chi connectivity index (χ4v) is 2.92. The molecular formula is C13H15ClN2OS. The SMILES string of the molecule is Cn1c(=NC(=O)C(C)(C)C)sc2cccc(Cl)c21. The van der Waals surface area contributed by atoms with Gasteiger partial charge in [-0.15, -0.1) is 0 Å². The third kappa shape index (κ3) is 2.35. The Hall–Kier alpha value is -1.13. The van der Waals surface area contributed by atoms with Gasteiger partial charge >= 0.3 is 0 Å². The zero-order valence-corrected chi connectivity index (χ0v) is 12.4. The number of carbonyl (C=O) groups excluding carboxylic acids is 1. The zero-order chi connectivity index (χ0) is 13.5. The second-order valence-corrected chi connectivity index (χ2v) is 6.61. The highest BCUT2D eigenvalue weighted by Crippen LogP contribution is 2.24. The molecule has 96 valence electrons. The summed E-state index contributed by atoms with van der Waals surface area (Å²) in [5.74, 6) is -0.124. The number of carbonyl (C=O) groups is 1. The van der Waals surface area contributed by atoms with E-state index in [-0.39, 0.29) is 5.91 Å². The second-order valence-electron chi connectivity index (χ2n) is 5.20. The Morgan fingerprint density at radius 3 is 2.61 bits per heavy atom. The second kappa shape index (κ2) is 4.52. The number of thiazole rings is 1. The topological polar surface area (TPSA) is 34.4 Å². The average molecular weight is 283 g/mol. The maximum Gasteiger partial charge on any atom is 0.253 e. The van der Waals surface area contributed by atoms with Crippen molar-refractivity contribution in [2.75, 3.05) is 0 Å². The van der Waals surface area contributed by atoms with Gasteiger partial charge in [-0.2, -0.15) is 4.99 Å². The lowest BCUT2D eigenvalue weighted by Gasteiger charge is -2.11. The predicted octanol–water partition coefficient (Wildman–Crippen LogP) is 3.37. The van der Waals surface area contributed by atoms with Crippen molar-refractivity contribution in [1.82, 2.24) is 4.57 Å². The predicted molar refractivity (Wildman–Crippen MR) is 75.8 cm³/mol. The summed E-state index contributed by atoms with van der Waals surface area (Å²) in [6.07, 6.45) is 0. The first kappa shape index (κ1) is 13.3. The molecule has 5 heteroatoms. The van der Waals surface area contributed by atoms with E-state index in [4.69, 9.17) is 11.6 Å². The lowest BCUT2D eigenvalue weighted by Crippen LogP contribution is -2.22. The summed E-state index contributed by atoms with van der Waals surface area (Å²) < 4.78 is 2.90. The van der Waals surface area contributed by atoms with Crippen molar-refractivity contribution in [3.8, 4) is 0 Å². The smallest absolute Gasteiger partial charge is 0.253 e. The van der Waals surface area contributed by atoms with Gasteiger partial charge in [0, 0.05) is 12.5 Å². The third-order valence-corrected chi connectivity index (χ3v) is 4.01. The van der Waals surface area contributed by atoms with Gasteiger partial charge in [-0.05, 0) is 12.1 Å². The van der Waals surface area contributed by atoms with Gasteiger partial charge in [-0.3, -0.25) is 4.79 Å². The molecule has 0 saturated carbocycles. The average Bonchev–Trinajstić information content (AvgIpc) is 2.56. The molecule has 1 aromatic heterocycles. The van der Waals surface area contributed by atoms with Crippen LogP contribution in [0.5, 0.6) is 0 Å². The zero-order valence-electron chi connectivity index (χ0n) is 10.8. The minimum atomic E-state index is -0.465. The maximum absolute atomic E-state index is 11.9. The largest absolute Gasteiger partial charge is 0.318 e. The molecule has 0 aliphatic rings. The lowest BCUT2D eigenvalue weighted by molar-refractivity contribution is -0.125. The molecule has 2 aromatic rings. The first-order valence-corrected chi connectivity index (χ1v) is 6.83. The highest BCUT2D eigenvalue weighted by molar-refractivity contribution is 7.16. The summed E-state index contributed by atoms with van der Waals surface area (Å²) >= 11 is 7.63. The van der Waals surface area contributed by atoms with Crippen LogP contribution in [0.15, 0.2) is 23.2 Å². The van der Waals surface area contributed by atoms with E-state index in [1.807, 2.05) is 50.6 Å². The lowest BCUT2D eigenvalue weighted by atomic mass is 9.96. The van der Waals surface area contributed by atoms with Crippen molar-refractivity contribution in [2.24, 2.45) is 17.5 Å². The fourth-order valence-electron chi connectivity index (χ4n) is 1.52. The van der Waals surface area contributed by atoms with Gasteiger partial charge in [0.05, 0.1) is 15.2 Å². The van der Waals surface area contributed by atoms with E-state index in [0.717, 1.165) is 10.2 Å². The van der Waals surface area contributed by atoms with Gasteiger partial charge in [0.1, 0.15) is 0 Å². The van der Waals surface area contributed by atoms with E-state index in [2.05, 4.69) is 4.99 Å². The molecule has 1 heterocycles. The number of nitrogens with zero attached hydrogens (tertiary/aromatic N) is 2. The quantitative estimate of drug-likeness (QED) is 0.729. The molecule has 0 spiro atoms. The number of fused-ring (bicyclic) bond motifs is 1. The molecule has 2 rings (SSSR count). The van der Waals surface area contributed by atoms with E-state index in [9.17, 15) is 4.79 Å². The molecule has 1 amide bonds. The number of hydrogen-bond donors (Lipinski definition) is 0. The number of para-hydroxylation sites is 1. The number of benzene rings is 1. The summed E-state index contributed by atoms with van der Waals surface area (Å²) in [7, 11) is 1.87. The van der Waals surface area contributed by atoms with Gasteiger partial charge < -0.3 is 4.57 Å². The molecule has 0 N–H and O–H groups in total. The molecule has 0 fully saturated rings. The summed E-state index contributed by atoms with van der Waals surface area (Å²) in [4.78, 5) is 16.8. The summed E-state index contributed by atoms with van der Waals surface area (Å²) in [6.45, 7) is 5.58. The van der Waals surface area contributed by atoms with Crippen LogP contribution in [-0.4, -0.2) is 10.5 Å². The normalized spacial score (nSPS) is 13.3. The van der Waals surface area contributed by atoms with Gasteiger partial charge in [0.25, 0.3) is 5.91 Å². The number of aromatic nitrogens is 1. The van der Waals surface area contributed by atoms with Crippen LogP contribution in [-0.2, 0) is 11.8 Å². The Labute approximate surface area is 115 Å². The van der Waals surface area contributed by atoms with Gasteiger partial charge in [0.15, 0.2) is 4.80 Å². The summed E-state index contributed by atoms with van der Waals surface area (Å²) in [6, 6.07) is 5.72. The molecule has 0 aliphatic heterocycles. The molecule has 0 saturated heterocycles. The third-order valence-electron chi connectivity index (χ3n) is 2.61. The Morgan fingerprint density at radius 2 is 2.06 bits per heavy atom. The van der Waals surface area contributed by atoms with E-state index < -0.39 is 5.41 Å². The highest BCUT2D eigenvalue weighted by atomic mass is 35.5. The first-order chi connectivity index (χ1) is 8.30. The Kier molecular flexibility index (Phi) is 3.34. The monoisotopic (exact) mass is 282 g/mol. The van der Waals surface area contributed by atoms with E-state index in [0.29, 0.717) is 9.82 Å². The van der Waals surface area contributed by atoms with E-state index >= 15 is 0 Å². The molecule has 0 atom stereocenters. The minimum Gasteiger partial charge on any atom is -0.318 e. The highest BCUT2D eigenvalue weighted by Gasteiger charge is 2.21. The van der Waals surface area contributed by atoms with Crippen molar-refractivity contribution < 1.29 is 4.79 Å². The van der Waals surface area contributed by atoms with Crippen LogP contribution in [0.1, 0.15) is 20.8 Å². The number of hydrogen-bond acceptors (Lipinski definition) is 2. The van der Waals surface area contributed by atoms with E-state index in [1.165, 1.54) is 11.3 Å². The van der Waals surface area contributed by atoms with Crippen LogP contribution in [0.25, 0.3) is 10.2 Å². The molecule has 3 nitrogen and oxygen atoms in total. The van der Waals surface area contributed by atoms with Crippen molar-refractivity contribution in [1.29, 1.82) is 0 Å². The summed E-state index contributed by atoms with van der Waals surface area (Å²) in [5, 5.41) is 0.677. The summed E-state index contributed by atoms with van der Waals surface area (Å²) in [5.41, 5.74) is 0.456. The molecule has 18 heavy (non-hydrogen) atoms. The Balaban J connectivity index is 2.67. The standard InChI is InChI=1S/C13H15ClN2OS/c1-13(2,3)11(17)15-12-16(4)10-8(14)6-5-7-9(10)18-12/h5-7H,1-4H3. The number of aryl methyl sites for hydroxylation is 1. The van der Waals surface area contributed by atoms with E-state index in [1.54, 1.807) is 0 Å². The van der Waals surface area contributed by atoms with Crippen LogP contribution >= 0.6 is 22.9 Å². The van der Waals surface area contributed by atoms with Gasteiger partial charge in [-0.25, -0.2) is 0 Å². The molecular weight excluding hydrogens is 268 g/mol. The van der Waals surface area contributed by atoms with Crippen LogP contribution in [0.3, 0.4) is 0 Å². The number of amides is 1. The number of rotatable bonds is 0. The van der Waals surface area contributed by atoms with Crippen LogP contribution < -0.4 is 4.80 Å². The molecule has 1 aromatic carbocycles. The minimum absolute atomic E-state index is 0.124. The fraction of sp³-hybridized carbons (Fsp3) is 0.385. The van der Waals surface area contributed by atoms with Crippen molar-refractivity contribution in [3.63, 3.8) is 0 Å². The maximum atomic E-state index is 11.9. The first-order valence-electron chi connectivity index (χ1n) is 5.64. The Morgan fingerprint density at radius 1 is 1.39 bits per heavy atom. The number of halogens is 1. The van der Waals surface area contributed by atoms with Crippen LogP contribution in [0.4, 0.5) is 0 Å². The van der Waals surface area contributed by atoms with Crippen LogP contribution in [0, 0.1) is 5.41 Å². The van der Waals surface area contributed by atoms with Crippen molar-refractivity contribution in [3.05, 3.63) is 28.0 Å². The molecule has 0 unspecified atom stereocenters. The van der Waals surface area contributed by atoms with Gasteiger partial charge in [0.2, 0.25) is 0 Å². The molecule has 0 bridgehead atoms. The van der Waals surface area contributed by atoms with Crippen molar-refractivity contribution >= 4 is 39.1 Å². The van der Waals surface area contributed by atoms with Crippen LogP contribution in [0.2, 0.25) is 5.02 Å². The van der Waals surface area contributed by atoms with Gasteiger partial charge in [-0.1, -0.05) is 49.8 Å².